The molecule has 2 aromatic carbocycles. The maximum Gasteiger partial charge on any atom is 0.360 e. The highest BCUT2D eigenvalue weighted by Gasteiger charge is 2.54. The molecule has 9 heteroatoms. The third-order valence-electron chi connectivity index (χ3n) is 5.29. The number of hydrogen-bond donors (Lipinski definition) is 0. The average Bonchev–Trinajstić information content (AvgIpc) is 3.43. The largest absolute Gasteiger partial charge is 0.497 e. The van der Waals surface area contributed by atoms with Gasteiger partial charge in [0.25, 0.3) is 5.91 Å². The number of benzene rings is 2. The summed E-state index contributed by atoms with van der Waals surface area (Å²) in [6, 6.07) is 13.6. The number of aromatic nitrogens is 1. The van der Waals surface area contributed by atoms with E-state index in [-0.39, 0.29) is 23.9 Å². The van der Waals surface area contributed by atoms with E-state index in [2.05, 4.69) is 4.98 Å². The third kappa shape index (κ3) is 4.00. The number of hydrogen-bond acceptors (Lipinski definition) is 8. The topological polar surface area (TPSA) is 116 Å². The van der Waals surface area contributed by atoms with Crippen molar-refractivity contribution in [3.63, 3.8) is 0 Å². The Morgan fingerprint density at radius 3 is 2.39 bits per heavy atom. The smallest absolute Gasteiger partial charge is 0.360 e. The number of carbonyl (C=O) groups excluding carboxylic acids is 4. The zero-order chi connectivity index (χ0) is 23.5. The fourth-order valence-electron chi connectivity index (χ4n) is 3.74. The molecule has 0 spiro atoms. The SMILES string of the molecule is CCOC(=O)c1coc(N2C(=O)C(=O)C(C(=O)c3ccc(OC)cc3)C2c2ccccc2)n1. The normalized spacial score (nSPS) is 17.8. The van der Waals surface area contributed by atoms with Gasteiger partial charge in [0.05, 0.1) is 19.8 Å². The van der Waals surface area contributed by atoms with Crippen LogP contribution in [0.4, 0.5) is 6.01 Å². The van der Waals surface area contributed by atoms with Crippen molar-refractivity contribution < 1.29 is 33.1 Å². The van der Waals surface area contributed by atoms with Crippen molar-refractivity contribution in [3.8, 4) is 5.75 Å². The number of esters is 1. The molecule has 4 rings (SSSR count). The van der Waals surface area contributed by atoms with Gasteiger partial charge in [-0.15, -0.1) is 0 Å². The Labute approximate surface area is 188 Å². The number of nitrogens with zero attached hydrogens (tertiary/aromatic N) is 2. The van der Waals surface area contributed by atoms with Gasteiger partial charge < -0.3 is 13.9 Å². The van der Waals surface area contributed by atoms with Crippen LogP contribution >= 0.6 is 0 Å². The van der Waals surface area contributed by atoms with E-state index < -0.39 is 35.4 Å². The molecule has 1 aromatic heterocycles. The summed E-state index contributed by atoms with van der Waals surface area (Å²) in [6.07, 6.45) is 1.05. The van der Waals surface area contributed by atoms with Gasteiger partial charge in [0.2, 0.25) is 5.78 Å². The number of ketones is 2. The highest BCUT2D eigenvalue weighted by molar-refractivity contribution is 6.48. The second-order valence-corrected chi connectivity index (χ2v) is 7.20. The summed E-state index contributed by atoms with van der Waals surface area (Å²) >= 11 is 0. The first-order chi connectivity index (χ1) is 16.0. The number of anilines is 1. The summed E-state index contributed by atoms with van der Waals surface area (Å²) in [5, 5.41) is 0. The predicted molar refractivity (Wildman–Crippen MR) is 115 cm³/mol. The summed E-state index contributed by atoms with van der Waals surface area (Å²) in [4.78, 5) is 56.5. The lowest BCUT2D eigenvalue weighted by molar-refractivity contribution is -0.135. The van der Waals surface area contributed by atoms with Crippen molar-refractivity contribution in [3.05, 3.63) is 77.7 Å². The van der Waals surface area contributed by atoms with Gasteiger partial charge in [0.1, 0.15) is 17.9 Å². The van der Waals surface area contributed by atoms with Gasteiger partial charge in [-0.05, 0) is 36.8 Å². The molecule has 1 amide bonds. The first kappa shape index (κ1) is 21.9. The van der Waals surface area contributed by atoms with Crippen molar-refractivity contribution in [2.75, 3.05) is 18.6 Å². The van der Waals surface area contributed by atoms with Crippen LogP contribution < -0.4 is 9.64 Å². The summed E-state index contributed by atoms with van der Waals surface area (Å²) in [6.45, 7) is 1.77. The third-order valence-corrected chi connectivity index (χ3v) is 5.29. The summed E-state index contributed by atoms with van der Waals surface area (Å²) in [5.41, 5.74) is 0.646. The van der Waals surface area contributed by atoms with Crippen LogP contribution in [0.3, 0.4) is 0 Å². The first-order valence-electron chi connectivity index (χ1n) is 10.2. The zero-order valence-electron chi connectivity index (χ0n) is 17.9. The van der Waals surface area contributed by atoms with E-state index in [0.29, 0.717) is 11.3 Å². The van der Waals surface area contributed by atoms with Crippen LogP contribution in [0.2, 0.25) is 0 Å². The molecule has 2 unspecified atom stereocenters. The second-order valence-electron chi connectivity index (χ2n) is 7.20. The number of rotatable bonds is 7. The van der Waals surface area contributed by atoms with Crippen LogP contribution in [0.25, 0.3) is 0 Å². The monoisotopic (exact) mass is 448 g/mol. The predicted octanol–water partition coefficient (Wildman–Crippen LogP) is 3.02. The molecule has 1 aliphatic heterocycles. The Morgan fingerprint density at radius 1 is 1.06 bits per heavy atom. The molecule has 1 aliphatic rings. The fraction of sp³-hybridized carbons (Fsp3) is 0.208. The van der Waals surface area contributed by atoms with E-state index >= 15 is 0 Å². The Hall–Kier alpha value is -4.27. The highest BCUT2D eigenvalue weighted by Crippen LogP contribution is 2.41. The summed E-state index contributed by atoms with van der Waals surface area (Å²) < 4.78 is 15.4. The van der Waals surface area contributed by atoms with Gasteiger partial charge in [0, 0.05) is 5.56 Å². The van der Waals surface area contributed by atoms with Crippen LogP contribution in [-0.4, -0.2) is 42.1 Å². The Bertz CT molecular complexity index is 1200. The molecule has 1 fully saturated rings. The molecule has 2 heterocycles. The lowest BCUT2D eigenvalue weighted by atomic mass is 9.86. The van der Waals surface area contributed by atoms with Crippen molar-refractivity contribution in [2.24, 2.45) is 5.92 Å². The average molecular weight is 448 g/mol. The molecule has 0 N–H and O–H groups in total. The molecule has 0 saturated carbocycles. The summed E-state index contributed by atoms with van der Waals surface area (Å²) in [7, 11) is 1.50. The molecule has 168 valence electrons. The lowest BCUT2D eigenvalue weighted by Crippen LogP contribution is -2.31. The maximum atomic E-state index is 13.4. The van der Waals surface area contributed by atoms with Crippen LogP contribution in [0.5, 0.6) is 5.75 Å². The van der Waals surface area contributed by atoms with Gasteiger partial charge in [-0.3, -0.25) is 19.3 Å². The maximum absolute atomic E-state index is 13.4. The second kappa shape index (κ2) is 9.07. The molecule has 0 radical (unpaired) electrons. The molecular weight excluding hydrogens is 428 g/mol. The van der Waals surface area contributed by atoms with E-state index in [1.54, 1.807) is 49.4 Å². The number of Topliss-reactive ketones (excluding diaryl/α,β-unsaturated/α-hetero) is 2. The number of ether oxygens (including phenoxy) is 2. The van der Waals surface area contributed by atoms with Gasteiger partial charge in [-0.1, -0.05) is 30.3 Å². The number of amides is 1. The quantitative estimate of drug-likeness (QED) is 0.234. The molecule has 0 aliphatic carbocycles. The molecule has 3 aromatic rings. The van der Waals surface area contributed by atoms with Crippen LogP contribution in [-0.2, 0) is 14.3 Å². The highest BCUT2D eigenvalue weighted by atomic mass is 16.5. The standard InChI is InChI=1S/C24H20N2O7/c1-3-32-23(30)17-13-33-24(25-17)26-19(14-7-5-4-6-8-14)18(21(28)22(26)29)20(27)15-9-11-16(31-2)12-10-15/h4-13,18-19H,3H2,1-2H3. The van der Waals surface area contributed by atoms with E-state index in [0.717, 1.165) is 11.2 Å². The van der Waals surface area contributed by atoms with Gasteiger partial charge in [-0.2, -0.15) is 4.98 Å². The van der Waals surface area contributed by atoms with Crippen molar-refractivity contribution in [1.82, 2.24) is 4.98 Å². The molecule has 1 saturated heterocycles. The van der Waals surface area contributed by atoms with E-state index in [4.69, 9.17) is 13.9 Å². The molecular formula is C24H20N2O7. The van der Waals surface area contributed by atoms with Crippen LogP contribution in [0.15, 0.2) is 65.3 Å². The van der Waals surface area contributed by atoms with Crippen molar-refractivity contribution >= 4 is 29.5 Å². The van der Waals surface area contributed by atoms with Crippen LogP contribution in [0, 0.1) is 5.92 Å². The minimum atomic E-state index is -1.33. The Balaban J connectivity index is 1.77. The molecule has 33 heavy (non-hydrogen) atoms. The van der Waals surface area contributed by atoms with Crippen LogP contribution in [0.1, 0.15) is 39.4 Å². The number of oxazole rings is 1. The van der Waals surface area contributed by atoms with Gasteiger partial charge in [-0.25, -0.2) is 4.79 Å². The Kier molecular flexibility index (Phi) is 6.03. The van der Waals surface area contributed by atoms with E-state index in [9.17, 15) is 19.2 Å². The molecule has 9 nitrogen and oxygen atoms in total. The number of carbonyl (C=O) groups is 4. The van der Waals surface area contributed by atoms with Crippen molar-refractivity contribution in [1.29, 1.82) is 0 Å². The van der Waals surface area contributed by atoms with Crippen molar-refractivity contribution in [2.45, 2.75) is 13.0 Å². The van der Waals surface area contributed by atoms with Gasteiger partial charge in [0.15, 0.2) is 11.5 Å². The minimum absolute atomic E-state index is 0.132. The van der Waals surface area contributed by atoms with Gasteiger partial charge >= 0.3 is 12.0 Å². The van der Waals surface area contributed by atoms with E-state index in [1.165, 1.54) is 19.2 Å². The molecule has 2 atom stereocenters. The lowest BCUT2D eigenvalue weighted by Gasteiger charge is -2.24. The Morgan fingerprint density at radius 2 is 1.76 bits per heavy atom. The molecule has 0 bridgehead atoms. The fourth-order valence-corrected chi connectivity index (χ4v) is 3.74. The van der Waals surface area contributed by atoms with E-state index in [1.807, 2.05) is 0 Å². The minimum Gasteiger partial charge on any atom is -0.497 e. The zero-order valence-corrected chi connectivity index (χ0v) is 17.9. The summed E-state index contributed by atoms with van der Waals surface area (Å²) in [5.74, 6) is -3.87. The first-order valence-corrected chi connectivity index (χ1v) is 10.2. The number of methoxy groups -OCH3 is 1.